The minimum absolute atomic E-state index is 0.145. The summed E-state index contributed by atoms with van der Waals surface area (Å²) >= 11 is 0. The molecule has 0 bridgehead atoms. The molecule has 2 aromatic heterocycles. The molecule has 0 radical (unpaired) electrons. The van der Waals surface area contributed by atoms with Crippen LogP contribution in [0.15, 0.2) is 78.2 Å². The monoisotopic (exact) mass is 381 g/mol. The summed E-state index contributed by atoms with van der Waals surface area (Å²) in [7, 11) is -3.76. The average Bonchev–Trinajstić information content (AvgIpc) is 2.71. The van der Waals surface area contributed by atoms with Crippen molar-refractivity contribution >= 4 is 10.0 Å². The number of fused-ring (bicyclic) bond motifs is 1. The van der Waals surface area contributed by atoms with E-state index in [0.717, 1.165) is 11.1 Å². The van der Waals surface area contributed by atoms with Crippen molar-refractivity contribution in [1.82, 2.24) is 14.3 Å². The predicted octanol–water partition coefficient (Wildman–Crippen LogP) is 2.33. The van der Waals surface area contributed by atoms with E-state index in [1.54, 1.807) is 61.2 Å². The third-order valence-corrected chi connectivity index (χ3v) is 6.73. The first kappa shape index (κ1) is 17.8. The maximum Gasteiger partial charge on any atom is 0.244 e. The molecule has 3 heterocycles. The van der Waals surface area contributed by atoms with Crippen molar-refractivity contribution < 1.29 is 13.5 Å². The van der Waals surface area contributed by atoms with Crippen molar-refractivity contribution in [1.29, 1.82) is 0 Å². The molecule has 0 unspecified atom stereocenters. The van der Waals surface area contributed by atoms with Crippen molar-refractivity contribution in [2.45, 2.75) is 30.0 Å². The third kappa shape index (κ3) is 3.37. The summed E-state index contributed by atoms with van der Waals surface area (Å²) < 4.78 is 28.0. The Balaban J connectivity index is 1.80. The van der Waals surface area contributed by atoms with Gasteiger partial charge in [0, 0.05) is 36.9 Å². The highest BCUT2D eigenvalue weighted by atomic mass is 32.2. The van der Waals surface area contributed by atoms with E-state index in [4.69, 9.17) is 0 Å². The van der Waals surface area contributed by atoms with Crippen LogP contribution < -0.4 is 0 Å². The van der Waals surface area contributed by atoms with E-state index in [1.165, 1.54) is 4.31 Å². The number of sulfonamides is 1. The fraction of sp³-hybridized carbons (Fsp3) is 0.200. The van der Waals surface area contributed by atoms with Crippen LogP contribution in [0.5, 0.6) is 0 Å². The smallest absolute Gasteiger partial charge is 0.244 e. The SMILES string of the molecule is O=S1(=O)c2ccccc2[C@H](O)[C@@H](Cc2cccnc2)N1Cc1cccnc1. The number of aromatic nitrogens is 2. The molecule has 0 saturated heterocycles. The Hall–Kier alpha value is -2.61. The van der Waals surface area contributed by atoms with Crippen LogP contribution in [0.2, 0.25) is 0 Å². The van der Waals surface area contributed by atoms with Gasteiger partial charge in [-0.25, -0.2) is 8.42 Å². The van der Waals surface area contributed by atoms with Gasteiger partial charge in [0.1, 0.15) is 0 Å². The van der Waals surface area contributed by atoms with Crippen molar-refractivity contribution in [3.63, 3.8) is 0 Å². The van der Waals surface area contributed by atoms with Gasteiger partial charge in [-0.1, -0.05) is 30.3 Å². The molecule has 1 aliphatic heterocycles. The normalized spacial score (nSPS) is 21.5. The van der Waals surface area contributed by atoms with Gasteiger partial charge in [-0.2, -0.15) is 4.31 Å². The van der Waals surface area contributed by atoms with Crippen molar-refractivity contribution in [3.05, 3.63) is 90.0 Å². The summed E-state index contributed by atoms with van der Waals surface area (Å²) in [4.78, 5) is 8.34. The van der Waals surface area contributed by atoms with Crippen LogP contribution in [-0.2, 0) is 23.0 Å². The van der Waals surface area contributed by atoms with Gasteiger partial charge >= 0.3 is 0 Å². The van der Waals surface area contributed by atoms with E-state index in [9.17, 15) is 13.5 Å². The predicted molar refractivity (Wildman–Crippen MR) is 100 cm³/mol. The number of benzene rings is 1. The number of pyridine rings is 2. The summed E-state index contributed by atoms with van der Waals surface area (Å²) in [5, 5.41) is 11.0. The maximum absolute atomic E-state index is 13.3. The topological polar surface area (TPSA) is 83.4 Å². The number of nitrogens with zero attached hydrogens (tertiary/aromatic N) is 3. The van der Waals surface area contributed by atoms with Gasteiger partial charge in [-0.05, 0) is 35.7 Å². The fourth-order valence-electron chi connectivity index (χ4n) is 3.48. The first-order valence-corrected chi connectivity index (χ1v) is 10.1. The molecule has 0 aliphatic carbocycles. The standard InChI is InChI=1S/C20H19N3O3S/c24-20-17-7-1-2-8-19(17)27(25,26)23(14-16-6-4-10-22-13-16)18(20)11-15-5-3-9-21-12-15/h1-10,12-13,18,20,24H,11,14H2/t18-,20+/m1/s1. The molecule has 2 atom stereocenters. The van der Waals surface area contributed by atoms with Crippen LogP contribution in [0.1, 0.15) is 22.8 Å². The summed E-state index contributed by atoms with van der Waals surface area (Å²) in [6.07, 6.45) is 6.09. The molecule has 1 aromatic carbocycles. The zero-order valence-corrected chi connectivity index (χ0v) is 15.3. The average molecular weight is 381 g/mol. The number of hydrogen-bond donors (Lipinski definition) is 1. The second-order valence-corrected chi connectivity index (χ2v) is 8.39. The number of rotatable bonds is 4. The molecule has 4 rings (SSSR count). The van der Waals surface area contributed by atoms with Gasteiger partial charge in [0.25, 0.3) is 0 Å². The lowest BCUT2D eigenvalue weighted by Crippen LogP contribution is -2.48. The van der Waals surface area contributed by atoms with Gasteiger partial charge in [-0.15, -0.1) is 0 Å². The third-order valence-electron chi connectivity index (χ3n) is 4.79. The minimum Gasteiger partial charge on any atom is -0.387 e. The van der Waals surface area contributed by atoms with Crippen LogP contribution in [0, 0.1) is 0 Å². The molecule has 138 valence electrons. The van der Waals surface area contributed by atoms with E-state index >= 15 is 0 Å². The van der Waals surface area contributed by atoms with E-state index < -0.39 is 22.2 Å². The van der Waals surface area contributed by atoms with E-state index in [1.807, 2.05) is 12.1 Å². The summed E-state index contributed by atoms with van der Waals surface area (Å²) in [6, 6.07) is 13.3. The summed E-state index contributed by atoms with van der Waals surface area (Å²) in [5.41, 5.74) is 2.07. The minimum atomic E-state index is -3.76. The van der Waals surface area contributed by atoms with Crippen LogP contribution in [0.3, 0.4) is 0 Å². The molecule has 1 N–H and O–H groups in total. The Morgan fingerprint density at radius 3 is 2.26 bits per heavy atom. The van der Waals surface area contributed by atoms with Crippen molar-refractivity contribution in [3.8, 4) is 0 Å². The second kappa shape index (κ2) is 7.19. The molecule has 3 aromatic rings. The zero-order valence-electron chi connectivity index (χ0n) is 14.5. The van der Waals surface area contributed by atoms with Gasteiger partial charge < -0.3 is 5.11 Å². The lowest BCUT2D eigenvalue weighted by molar-refractivity contribution is 0.0769. The molecule has 0 fully saturated rings. The van der Waals surface area contributed by atoms with Crippen LogP contribution >= 0.6 is 0 Å². The number of hydrogen-bond acceptors (Lipinski definition) is 5. The van der Waals surface area contributed by atoms with E-state index in [2.05, 4.69) is 9.97 Å². The van der Waals surface area contributed by atoms with Crippen LogP contribution in [0.25, 0.3) is 0 Å². The molecule has 6 nitrogen and oxygen atoms in total. The number of aliphatic hydroxyl groups is 1. The Bertz CT molecular complexity index is 1030. The Kier molecular flexibility index (Phi) is 4.73. The van der Waals surface area contributed by atoms with Gasteiger partial charge in [-0.3, -0.25) is 9.97 Å². The number of aliphatic hydroxyl groups excluding tert-OH is 1. The molecule has 0 saturated carbocycles. The lowest BCUT2D eigenvalue weighted by atomic mass is 9.96. The highest BCUT2D eigenvalue weighted by Crippen LogP contribution is 2.38. The van der Waals surface area contributed by atoms with Gasteiger partial charge in [0.2, 0.25) is 10.0 Å². The van der Waals surface area contributed by atoms with Crippen LogP contribution in [0.4, 0.5) is 0 Å². The Labute approximate surface area is 158 Å². The fourth-order valence-corrected chi connectivity index (χ4v) is 5.33. The van der Waals surface area contributed by atoms with Gasteiger partial charge in [0.05, 0.1) is 17.0 Å². The highest BCUT2D eigenvalue weighted by Gasteiger charge is 2.43. The molecular formula is C20H19N3O3S. The largest absolute Gasteiger partial charge is 0.387 e. The molecule has 0 spiro atoms. The summed E-state index contributed by atoms with van der Waals surface area (Å²) in [5.74, 6) is 0. The molecular weight excluding hydrogens is 362 g/mol. The first-order chi connectivity index (χ1) is 13.1. The lowest BCUT2D eigenvalue weighted by Gasteiger charge is -2.39. The Morgan fingerprint density at radius 2 is 1.59 bits per heavy atom. The van der Waals surface area contributed by atoms with Crippen molar-refractivity contribution in [2.75, 3.05) is 0 Å². The quantitative estimate of drug-likeness (QED) is 0.750. The highest BCUT2D eigenvalue weighted by molar-refractivity contribution is 7.89. The van der Waals surface area contributed by atoms with Crippen molar-refractivity contribution in [2.24, 2.45) is 0 Å². The molecule has 0 amide bonds. The molecule has 27 heavy (non-hydrogen) atoms. The maximum atomic E-state index is 13.3. The van der Waals surface area contributed by atoms with Crippen LogP contribution in [-0.4, -0.2) is 33.8 Å². The second-order valence-electron chi connectivity index (χ2n) is 6.53. The molecule has 1 aliphatic rings. The zero-order chi connectivity index (χ0) is 18.9. The van der Waals surface area contributed by atoms with E-state index in [0.29, 0.717) is 12.0 Å². The summed E-state index contributed by atoms with van der Waals surface area (Å²) in [6.45, 7) is 0.145. The first-order valence-electron chi connectivity index (χ1n) is 8.64. The molecule has 7 heteroatoms. The van der Waals surface area contributed by atoms with E-state index in [-0.39, 0.29) is 11.4 Å². The van der Waals surface area contributed by atoms with Gasteiger partial charge in [0.15, 0.2) is 0 Å². The Morgan fingerprint density at radius 1 is 0.926 bits per heavy atom.